The van der Waals surface area contributed by atoms with Crippen molar-refractivity contribution in [3.05, 3.63) is 125 Å². The normalized spacial score (nSPS) is 14.5. The molecule has 1 aliphatic rings. The first-order chi connectivity index (χ1) is 27.6. The maximum absolute atomic E-state index is 13.3. The Morgan fingerprint density at radius 2 is 1.10 bits per heavy atom. The van der Waals surface area contributed by atoms with Crippen molar-refractivity contribution in [1.82, 2.24) is 0 Å². The predicted octanol–water partition coefficient (Wildman–Crippen LogP) is 11.6. The lowest BCUT2D eigenvalue weighted by atomic mass is 9.79. The first-order valence-electron chi connectivity index (χ1n) is 19.4. The fourth-order valence-electron chi connectivity index (χ4n) is 6.55. The van der Waals surface area contributed by atoms with Crippen molar-refractivity contribution in [2.24, 2.45) is 5.92 Å². The number of allylic oxidation sites excluding steroid dienone is 4. The molecular formula is C48H54O11. The maximum atomic E-state index is 13.3. The maximum Gasteiger partial charge on any atom is 0.514 e. The molecule has 5 rings (SSSR count). The summed E-state index contributed by atoms with van der Waals surface area (Å²) < 4.78 is 38.8. The van der Waals surface area contributed by atoms with E-state index in [2.05, 4.69) is 12.2 Å². The summed E-state index contributed by atoms with van der Waals surface area (Å²) in [5, 5.41) is 9.22. The van der Waals surface area contributed by atoms with Gasteiger partial charge in [0.2, 0.25) is 0 Å². The molecule has 59 heavy (non-hydrogen) atoms. The lowest BCUT2D eigenvalue weighted by molar-refractivity contribution is 0.0191. The molecule has 0 saturated heterocycles. The molecule has 0 aromatic heterocycles. The molecule has 0 radical (unpaired) electrons. The highest BCUT2D eigenvalue weighted by Crippen LogP contribution is 2.46. The zero-order chi connectivity index (χ0) is 43.3. The van der Waals surface area contributed by atoms with Crippen LogP contribution < -0.4 is 18.9 Å². The molecule has 2 unspecified atom stereocenters. The van der Waals surface area contributed by atoms with Crippen molar-refractivity contribution >= 4 is 24.0 Å². The molecule has 2 atom stereocenters. The highest BCUT2D eigenvalue weighted by Gasteiger charge is 2.31. The largest absolute Gasteiger partial charge is 0.514 e. The summed E-state index contributed by atoms with van der Waals surface area (Å²) in [5.41, 5.74) is 4.20. The topological polar surface area (TPSA) is 136 Å². The monoisotopic (exact) mass is 806 g/mol. The van der Waals surface area contributed by atoms with Gasteiger partial charge in [-0.25, -0.2) is 14.4 Å². The second kappa shape index (κ2) is 17.8. The van der Waals surface area contributed by atoms with E-state index in [9.17, 15) is 19.5 Å². The van der Waals surface area contributed by atoms with E-state index in [1.807, 2.05) is 68.5 Å². The quantitative estimate of drug-likeness (QED) is 0.0709. The van der Waals surface area contributed by atoms with E-state index in [0.29, 0.717) is 39.7 Å². The van der Waals surface area contributed by atoms with E-state index in [1.165, 1.54) is 0 Å². The van der Waals surface area contributed by atoms with Crippen molar-refractivity contribution < 1.29 is 52.6 Å². The van der Waals surface area contributed by atoms with Crippen LogP contribution in [0.3, 0.4) is 0 Å². The first kappa shape index (κ1) is 44.0. The predicted molar refractivity (Wildman–Crippen MR) is 225 cm³/mol. The number of carbonyl (C=O) groups excluding carboxylic acids is 3. The Bertz CT molecular complexity index is 2190. The number of benzene rings is 4. The summed E-state index contributed by atoms with van der Waals surface area (Å²) in [4.78, 5) is 38.4. The summed E-state index contributed by atoms with van der Waals surface area (Å²) in [6.07, 6.45) is 3.82. The fraction of sp³-hybridized carbons (Fsp3) is 0.354. The fourth-order valence-corrected chi connectivity index (χ4v) is 6.55. The first-order valence-corrected chi connectivity index (χ1v) is 19.4. The standard InChI is InChI=1S/C48H54O11/c1-29-24-36(25-30(2)42(29)56-45(52)59-48(9,10)11)41(35-13-12-33(26-35)31-14-19-37(20-15-31)53-28-49)39-27-34(18-23-40(39)55-44(51)58-47(6,7)8)32-16-21-38(22-17-32)54-43(50)57-46(3,4)5/h12-27,35,41,49H,28H2,1-11H3. The number of aliphatic hydroxyl groups excluding tert-OH is 1. The van der Waals surface area contributed by atoms with Crippen LogP contribution in [0.25, 0.3) is 16.7 Å². The molecule has 0 amide bonds. The molecule has 4 aromatic rings. The van der Waals surface area contributed by atoms with Crippen LogP contribution in [-0.2, 0) is 14.2 Å². The van der Waals surface area contributed by atoms with Gasteiger partial charge in [0, 0.05) is 17.4 Å². The summed E-state index contributed by atoms with van der Waals surface area (Å²) in [6.45, 7) is 19.2. The second-order valence-corrected chi connectivity index (χ2v) is 17.3. The lowest BCUT2D eigenvalue weighted by Crippen LogP contribution is -2.26. The highest BCUT2D eigenvalue weighted by atomic mass is 16.7. The van der Waals surface area contributed by atoms with E-state index in [4.69, 9.17) is 33.2 Å². The Morgan fingerprint density at radius 1 is 0.610 bits per heavy atom. The molecule has 1 aliphatic carbocycles. The molecule has 11 heteroatoms. The van der Waals surface area contributed by atoms with Crippen LogP contribution in [0, 0.1) is 19.8 Å². The zero-order valence-corrected chi connectivity index (χ0v) is 35.6. The molecule has 1 N–H and O–H groups in total. The minimum absolute atomic E-state index is 0.254. The zero-order valence-electron chi connectivity index (χ0n) is 35.6. The molecule has 4 aromatic carbocycles. The third-order valence-electron chi connectivity index (χ3n) is 8.80. The summed E-state index contributed by atoms with van der Waals surface area (Å²) >= 11 is 0. The van der Waals surface area contributed by atoms with Crippen LogP contribution in [0.15, 0.2) is 97.1 Å². The number of aliphatic hydroxyl groups is 1. The van der Waals surface area contributed by atoms with Crippen LogP contribution in [0.4, 0.5) is 14.4 Å². The van der Waals surface area contributed by atoms with Gasteiger partial charge in [-0.2, -0.15) is 0 Å². The van der Waals surface area contributed by atoms with Crippen LogP contribution in [-0.4, -0.2) is 47.2 Å². The van der Waals surface area contributed by atoms with Gasteiger partial charge in [0.05, 0.1) is 0 Å². The number of hydrogen-bond acceptors (Lipinski definition) is 11. The van der Waals surface area contributed by atoms with E-state index in [1.54, 1.807) is 92.6 Å². The lowest BCUT2D eigenvalue weighted by Gasteiger charge is -2.27. The number of aryl methyl sites for hydroxylation is 2. The van der Waals surface area contributed by atoms with Gasteiger partial charge >= 0.3 is 18.5 Å². The van der Waals surface area contributed by atoms with E-state index >= 15 is 0 Å². The molecule has 312 valence electrons. The minimum atomic E-state index is -0.856. The van der Waals surface area contributed by atoms with Crippen LogP contribution in [0.1, 0.15) is 96.0 Å². The number of rotatable bonds is 10. The highest BCUT2D eigenvalue weighted by molar-refractivity contribution is 5.78. The van der Waals surface area contributed by atoms with Crippen LogP contribution >= 0.6 is 0 Å². The van der Waals surface area contributed by atoms with Gasteiger partial charge in [-0.1, -0.05) is 60.7 Å². The summed E-state index contributed by atoms with van der Waals surface area (Å²) in [5.74, 6) is 0.839. The number of ether oxygens (including phenoxy) is 7. The molecule has 0 heterocycles. The van der Waals surface area contributed by atoms with E-state index < -0.39 is 48.0 Å². The molecule has 0 fully saturated rings. The van der Waals surface area contributed by atoms with Gasteiger partial charge in [0.15, 0.2) is 6.79 Å². The molecule has 0 saturated carbocycles. The molecule has 11 nitrogen and oxygen atoms in total. The van der Waals surface area contributed by atoms with Crippen molar-refractivity contribution in [3.63, 3.8) is 0 Å². The van der Waals surface area contributed by atoms with E-state index in [-0.39, 0.29) is 5.92 Å². The van der Waals surface area contributed by atoms with Crippen LogP contribution in [0.2, 0.25) is 0 Å². The van der Waals surface area contributed by atoms with Gasteiger partial charge in [0.25, 0.3) is 0 Å². The smallest absolute Gasteiger partial charge is 0.468 e. The van der Waals surface area contributed by atoms with Crippen molar-refractivity contribution in [2.75, 3.05) is 6.79 Å². The minimum Gasteiger partial charge on any atom is -0.468 e. The Kier molecular flexibility index (Phi) is 13.3. The average molecular weight is 807 g/mol. The van der Waals surface area contributed by atoms with Crippen molar-refractivity contribution in [1.29, 1.82) is 0 Å². The molecule has 0 spiro atoms. The number of carbonyl (C=O) groups is 3. The van der Waals surface area contributed by atoms with Gasteiger partial charge in [-0.05, 0) is 152 Å². The number of hydrogen-bond donors (Lipinski definition) is 1. The summed E-state index contributed by atoms with van der Waals surface area (Å²) in [7, 11) is 0. The van der Waals surface area contributed by atoms with Crippen molar-refractivity contribution in [2.45, 2.75) is 98.9 Å². The van der Waals surface area contributed by atoms with Gasteiger partial charge < -0.3 is 38.3 Å². The van der Waals surface area contributed by atoms with Crippen LogP contribution in [0.5, 0.6) is 23.0 Å². The average Bonchev–Trinajstić information content (AvgIpc) is 3.59. The molecule has 0 bridgehead atoms. The Balaban J connectivity index is 1.64. The Hall–Kier alpha value is -6.07. The van der Waals surface area contributed by atoms with Gasteiger partial charge in [-0.3, -0.25) is 0 Å². The van der Waals surface area contributed by atoms with Gasteiger partial charge in [0.1, 0.15) is 39.8 Å². The van der Waals surface area contributed by atoms with Gasteiger partial charge in [-0.15, -0.1) is 0 Å². The Labute approximate surface area is 346 Å². The van der Waals surface area contributed by atoms with Crippen molar-refractivity contribution in [3.8, 4) is 34.1 Å². The Morgan fingerprint density at radius 3 is 1.64 bits per heavy atom. The SMILES string of the molecule is Cc1cc(C(c2cc(-c3ccc(OC(=O)OC(C)(C)C)cc3)ccc2OC(=O)OC(C)(C)C)C2C=CC(c3ccc(OCO)cc3)=C2)cc(C)c1OC(=O)OC(C)(C)C. The third kappa shape index (κ3) is 12.5. The molecule has 0 aliphatic heterocycles. The third-order valence-corrected chi connectivity index (χ3v) is 8.80. The second-order valence-electron chi connectivity index (χ2n) is 17.3. The molecular weight excluding hydrogens is 753 g/mol. The summed E-state index contributed by atoms with van der Waals surface area (Å²) in [6, 6.07) is 24.0. The van der Waals surface area contributed by atoms with E-state index in [0.717, 1.165) is 27.8 Å².